The summed E-state index contributed by atoms with van der Waals surface area (Å²) >= 11 is 0. The van der Waals surface area contributed by atoms with E-state index < -0.39 is 0 Å². The first kappa shape index (κ1) is 34.7. The number of hydrogen-bond acceptors (Lipinski definition) is 3. The molecule has 0 spiro atoms. The molecule has 8 aromatic carbocycles. The minimum absolute atomic E-state index is 0.356. The summed E-state index contributed by atoms with van der Waals surface area (Å²) in [6.07, 6.45) is 0. The molecule has 0 N–H and O–H groups in total. The van der Waals surface area contributed by atoms with Crippen LogP contribution in [0.2, 0.25) is 0 Å². The van der Waals surface area contributed by atoms with Crippen molar-refractivity contribution in [2.45, 2.75) is 0 Å². The molecule has 6 heteroatoms. The molecule has 3 aromatic heterocycles. The number of hydrogen-bond donors (Lipinski definition) is 0. The number of nitriles is 1. The van der Waals surface area contributed by atoms with Gasteiger partial charge >= 0.3 is 0 Å². The fraction of sp³-hybridized carbons (Fsp3) is 0. The second-order valence-corrected chi connectivity index (χ2v) is 14.7. The van der Waals surface area contributed by atoms with Crippen LogP contribution in [0.3, 0.4) is 0 Å². The van der Waals surface area contributed by atoms with E-state index in [4.69, 9.17) is 16.5 Å². The number of nitrogens with zero attached hydrogens (tertiary/aromatic N) is 6. The quantitative estimate of drug-likeness (QED) is 0.158. The zero-order valence-electron chi connectivity index (χ0n) is 32.2. The van der Waals surface area contributed by atoms with Crippen molar-refractivity contribution in [2.75, 3.05) is 0 Å². The lowest BCUT2D eigenvalue weighted by atomic mass is 9.95. The number of para-hydroxylation sites is 4. The minimum atomic E-state index is 0.356. The average Bonchev–Trinajstić information content (AvgIpc) is 3.85. The zero-order valence-corrected chi connectivity index (χ0v) is 32.2. The molecule has 11 rings (SSSR count). The lowest BCUT2D eigenvalue weighted by Gasteiger charge is -2.15. The van der Waals surface area contributed by atoms with Crippen LogP contribution in [-0.2, 0) is 0 Å². The molecule has 11 aromatic rings. The maximum atomic E-state index is 10.7. The standard InChI is InChI=1S/C54H32N6/c1-56-46-33-37(51-45(34-55)50(35-17-6-2-7-18-35)57-54(58-51)36-19-8-3-9-20-36)29-30-40(46)41-26-16-27-42-43-31-32-48-49(53(43)60(52(41)42)39-23-12-5-13-24-39)44-25-14-15-28-47(44)59(48)38-21-10-4-11-22-38/h2-33H. The molecule has 60 heavy (non-hydrogen) atoms. The van der Waals surface area contributed by atoms with Crippen LogP contribution in [0.25, 0.3) is 105 Å². The van der Waals surface area contributed by atoms with Crippen molar-refractivity contribution in [1.29, 1.82) is 5.26 Å². The van der Waals surface area contributed by atoms with E-state index in [0.29, 0.717) is 34.0 Å². The Balaban J connectivity index is 1.19. The van der Waals surface area contributed by atoms with Gasteiger partial charge in [0.1, 0.15) is 11.6 Å². The third-order valence-corrected chi connectivity index (χ3v) is 11.4. The Morgan fingerprint density at radius 2 is 1.05 bits per heavy atom. The lowest BCUT2D eigenvalue weighted by Crippen LogP contribution is -2.01. The number of benzene rings is 8. The van der Waals surface area contributed by atoms with E-state index >= 15 is 0 Å². The summed E-state index contributed by atoms with van der Waals surface area (Å²) < 4.78 is 4.73. The maximum Gasteiger partial charge on any atom is 0.195 e. The Morgan fingerprint density at radius 3 is 1.73 bits per heavy atom. The van der Waals surface area contributed by atoms with Gasteiger partial charge in [-0.3, -0.25) is 0 Å². The van der Waals surface area contributed by atoms with Gasteiger partial charge in [-0.1, -0.05) is 152 Å². The SMILES string of the molecule is [C-]#[N+]c1cc(-c2nc(-c3ccccc3)nc(-c3ccccc3)c2C#N)ccc1-c1cccc2c3ccc4c(c5ccccc5n4-c4ccccc4)c3n(-c3ccccc3)c12. The van der Waals surface area contributed by atoms with E-state index in [1.54, 1.807) is 0 Å². The molecule has 0 amide bonds. The van der Waals surface area contributed by atoms with Crippen LogP contribution in [0.5, 0.6) is 0 Å². The molecule has 6 nitrogen and oxygen atoms in total. The summed E-state index contributed by atoms with van der Waals surface area (Å²) in [5.74, 6) is 0.508. The first-order valence-corrected chi connectivity index (χ1v) is 19.8. The highest BCUT2D eigenvalue weighted by atomic mass is 15.0. The Bertz CT molecular complexity index is 3540. The monoisotopic (exact) mass is 764 g/mol. The van der Waals surface area contributed by atoms with Gasteiger partial charge in [0.25, 0.3) is 0 Å². The number of aromatic nitrogens is 4. The average molecular weight is 765 g/mol. The second kappa shape index (κ2) is 14.1. The largest absolute Gasteiger partial charge is 0.309 e. The predicted molar refractivity (Wildman–Crippen MR) is 243 cm³/mol. The van der Waals surface area contributed by atoms with Gasteiger partial charge in [-0.15, -0.1) is 0 Å². The Hall–Kier alpha value is -8.58. The van der Waals surface area contributed by atoms with E-state index in [9.17, 15) is 5.26 Å². The Morgan fingerprint density at radius 1 is 0.467 bits per heavy atom. The van der Waals surface area contributed by atoms with Gasteiger partial charge in [-0.25, -0.2) is 14.8 Å². The Kier molecular flexibility index (Phi) is 8.15. The summed E-state index contributed by atoms with van der Waals surface area (Å²) in [5, 5.41) is 15.2. The topological polar surface area (TPSA) is 63.8 Å². The molecule has 0 radical (unpaired) electrons. The third kappa shape index (κ3) is 5.40. The fourth-order valence-corrected chi connectivity index (χ4v) is 8.81. The molecule has 3 heterocycles. The smallest absolute Gasteiger partial charge is 0.195 e. The molecule has 0 bridgehead atoms. The van der Waals surface area contributed by atoms with Crippen molar-refractivity contribution in [3.8, 4) is 62.5 Å². The first-order valence-electron chi connectivity index (χ1n) is 19.8. The molecule has 0 aliphatic carbocycles. The number of rotatable bonds is 6. The first-order chi connectivity index (χ1) is 29.7. The van der Waals surface area contributed by atoms with E-state index in [1.807, 2.05) is 91.0 Å². The second-order valence-electron chi connectivity index (χ2n) is 14.7. The molecular weight excluding hydrogens is 733 g/mol. The van der Waals surface area contributed by atoms with Crippen molar-refractivity contribution >= 4 is 49.3 Å². The summed E-state index contributed by atoms with van der Waals surface area (Å²) in [6, 6.07) is 68.3. The van der Waals surface area contributed by atoms with Gasteiger partial charge in [0.2, 0.25) is 0 Å². The fourth-order valence-electron chi connectivity index (χ4n) is 8.81. The van der Waals surface area contributed by atoms with Crippen LogP contribution in [0.1, 0.15) is 5.56 Å². The van der Waals surface area contributed by atoms with Gasteiger partial charge in [0.15, 0.2) is 11.5 Å². The molecule has 0 fully saturated rings. The van der Waals surface area contributed by atoms with Crippen LogP contribution in [0.15, 0.2) is 194 Å². The molecule has 0 saturated carbocycles. The highest BCUT2D eigenvalue weighted by molar-refractivity contribution is 6.27. The molecule has 0 aliphatic rings. The van der Waals surface area contributed by atoms with E-state index in [1.165, 1.54) is 0 Å². The van der Waals surface area contributed by atoms with Gasteiger partial charge in [-0.05, 0) is 59.2 Å². The van der Waals surface area contributed by atoms with E-state index in [0.717, 1.165) is 77.2 Å². The van der Waals surface area contributed by atoms with Crippen LogP contribution in [0, 0.1) is 17.9 Å². The summed E-state index contributed by atoms with van der Waals surface area (Å²) in [4.78, 5) is 14.1. The van der Waals surface area contributed by atoms with Crippen LogP contribution in [0.4, 0.5) is 5.69 Å². The number of fused-ring (bicyclic) bond motifs is 7. The van der Waals surface area contributed by atoms with Crippen LogP contribution in [-0.4, -0.2) is 19.1 Å². The minimum Gasteiger partial charge on any atom is -0.309 e. The van der Waals surface area contributed by atoms with E-state index in [-0.39, 0.29) is 0 Å². The van der Waals surface area contributed by atoms with Crippen LogP contribution >= 0.6 is 0 Å². The van der Waals surface area contributed by atoms with Gasteiger partial charge in [-0.2, -0.15) is 5.26 Å². The van der Waals surface area contributed by atoms with Crippen molar-refractivity contribution in [1.82, 2.24) is 19.1 Å². The van der Waals surface area contributed by atoms with Crippen molar-refractivity contribution in [3.05, 3.63) is 211 Å². The highest BCUT2D eigenvalue weighted by Crippen LogP contribution is 2.46. The summed E-state index contributed by atoms with van der Waals surface area (Å²) in [6.45, 7) is 8.58. The normalized spacial score (nSPS) is 11.3. The summed E-state index contributed by atoms with van der Waals surface area (Å²) in [5.41, 5.74) is 12.4. The molecule has 0 unspecified atom stereocenters. The zero-order chi connectivity index (χ0) is 40.2. The van der Waals surface area contributed by atoms with Crippen LogP contribution < -0.4 is 0 Å². The van der Waals surface area contributed by atoms with Crippen molar-refractivity contribution < 1.29 is 0 Å². The van der Waals surface area contributed by atoms with E-state index in [2.05, 4.69) is 123 Å². The third-order valence-electron chi connectivity index (χ3n) is 11.4. The van der Waals surface area contributed by atoms with Gasteiger partial charge in [0.05, 0.1) is 40.0 Å². The molecule has 278 valence electrons. The predicted octanol–water partition coefficient (Wildman–Crippen LogP) is 13.8. The van der Waals surface area contributed by atoms with Gasteiger partial charge < -0.3 is 9.13 Å². The molecule has 0 aliphatic heterocycles. The molecule has 0 atom stereocenters. The lowest BCUT2D eigenvalue weighted by molar-refractivity contribution is 1.17. The molecule has 0 saturated heterocycles. The van der Waals surface area contributed by atoms with Gasteiger partial charge in [0, 0.05) is 44.0 Å². The maximum absolute atomic E-state index is 10.7. The van der Waals surface area contributed by atoms with Crippen molar-refractivity contribution in [2.24, 2.45) is 0 Å². The van der Waals surface area contributed by atoms with Crippen molar-refractivity contribution in [3.63, 3.8) is 0 Å². The summed E-state index contributed by atoms with van der Waals surface area (Å²) in [7, 11) is 0. The Labute approximate surface area is 346 Å². The molecular formula is C54H32N6. The highest BCUT2D eigenvalue weighted by Gasteiger charge is 2.24.